The molecule has 0 bridgehead atoms. The van der Waals surface area contributed by atoms with Gasteiger partial charge in [0, 0.05) is 12.1 Å². The van der Waals surface area contributed by atoms with Gasteiger partial charge in [0.25, 0.3) is 0 Å². The molecule has 0 radical (unpaired) electrons. The molecule has 30 heavy (non-hydrogen) atoms. The summed E-state index contributed by atoms with van der Waals surface area (Å²) in [6, 6.07) is 7.27. The van der Waals surface area contributed by atoms with Gasteiger partial charge in [-0.2, -0.15) is 13.2 Å². The van der Waals surface area contributed by atoms with Gasteiger partial charge in [0.05, 0.1) is 34.4 Å². The molecule has 0 saturated carbocycles. The quantitative estimate of drug-likeness (QED) is 0.573. The van der Waals surface area contributed by atoms with E-state index in [2.05, 4.69) is 9.71 Å². The van der Waals surface area contributed by atoms with E-state index < -0.39 is 27.6 Å². The lowest BCUT2D eigenvalue weighted by Crippen LogP contribution is -2.18. The minimum absolute atomic E-state index is 0.0513. The number of nitrogens with two attached hydrogens (primary N) is 1. The Labute approximate surface area is 170 Å². The standard InChI is InChI=1S/C19H18F4N4O2S/c1-25-30(28,29)15-4-2-3-12(7-15)16-8-13(19(21,22)23)9-17-18(16)26-11-27(17)10-14(20)5-6-24/h2-5,7-9,11,25H,6,10,24H2,1H3. The molecule has 160 valence electrons. The summed E-state index contributed by atoms with van der Waals surface area (Å²) in [6.45, 7) is -0.382. The largest absolute Gasteiger partial charge is 0.416 e. The van der Waals surface area contributed by atoms with Crippen LogP contribution in [0.1, 0.15) is 5.56 Å². The van der Waals surface area contributed by atoms with Crippen LogP contribution >= 0.6 is 0 Å². The van der Waals surface area contributed by atoms with Gasteiger partial charge >= 0.3 is 6.18 Å². The SMILES string of the molecule is CNS(=O)(=O)c1cccc(-c2cc(C(F)(F)F)cc3c2ncn3CC(F)=CCN)c1. The predicted octanol–water partition coefficient (Wildman–Crippen LogP) is 3.44. The zero-order chi connectivity index (χ0) is 22.1. The van der Waals surface area contributed by atoms with Crippen LogP contribution in [-0.4, -0.2) is 31.6 Å². The second-order valence-corrected chi connectivity index (χ2v) is 8.27. The molecule has 1 aromatic heterocycles. The molecule has 0 aliphatic rings. The van der Waals surface area contributed by atoms with E-state index in [-0.39, 0.29) is 40.1 Å². The van der Waals surface area contributed by atoms with Crippen molar-refractivity contribution in [3.05, 3.63) is 60.2 Å². The summed E-state index contributed by atoms with van der Waals surface area (Å²) in [5, 5.41) is 0. The number of nitrogens with zero attached hydrogens (tertiary/aromatic N) is 2. The third-order valence-corrected chi connectivity index (χ3v) is 5.85. The van der Waals surface area contributed by atoms with Crippen molar-refractivity contribution in [1.29, 1.82) is 0 Å². The fraction of sp³-hybridized carbons (Fsp3) is 0.211. The molecule has 0 aliphatic heterocycles. The summed E-state index contributed by atoms with van der Waals surface area (Å²) in [4.78, 5) is 4.04. The second kappa shape index (κ2) is 8.17. The molecule has 0 atom stereocenters. The first kappa shape index (κ1) is 21.9. The highest BCUT2D eigenvalue weighted by molar-refractivity contribution is 7.89. The Morgan fingerprint density at radius 1 is 1.27 bits per heavy atom. The number of aromatic nitrogens is 2. The molecule has 0 fully saturated rings. The number of hydrogen-bond acceptors (Lipinski definition) is 4. The molecule has 2 aromatic carbocycles. The van der Waals surface area contributed by atoms with Gasteiger partial charge in [0.1, 0.15) is 5.83 Å². The summed E-state index contributed by atoms with van der Waals surface area (Å²) in [5.41, 5.74) is 4.85. The predicted molar refractivity (Wildman–Crippen MR) is 105 cm³/mol. The number of halogens is 4. The molecule has 0 saturated heterocycles. The van der Waals surface area contributed by atoms with E-state index in [4.69, 9.17) is 5.73 Å². The van der Waals surface area contributed by atoms with E-state index in [1.165, 1.54) is 42.2 Å². The third kappa shape index (κ3) is 4.37. The van der Waals surface area contributed by atoms with Gasteiger partial charge in [-0.3, -0.25) is 0 Å². The highest BCUT2D eigenvalue weighted by Crippen LogP contribution is 2.37. The van der Waals surface area contributed by atoms with Crippen molar-refractivity contribution in [3.63, 3.8) is 0 Å². The van der Waals surface area contributed by atoms with Crippen molar-refractivity contribution in [2.24, 2.45) is 5.73 Å². The van der Waals surface area contributed by atoms with Gasteiger partial charge in [-0.15, -0.1) is 0 Å². The summed E-state index contributed by atoms with van der Waals surface area (Å²) in [7, 11) is -2.57. The number of imidazole rings is 1. The lowest BCUT2D eigenvalue weighted by molar-refractivity contribution is -0.137. The normalized spacial score (nSPS) is 13.2. The topological polar surface area (TPSA) is 90.0 Å². The average Bonchev–Trinajstić information content (AvgIpc) is 3.09. The lowest BCUT2D eigenvalue weighted by Gasteiger charge is -2.12. The first-order valence-corrected chi connectivity index (χ1v) is 10.2. The number of allylic oxidation sites excluding steroid dienone is 1. The fourth-order valence-corrected chi connectivity index (χ4v) is 3.75. The highest BCUT2D eigenvalue weighted by Gasteiger charge is 2.32. The van der Waals surface area contributed by atoms with E-state index in [1.54, 1.807) is 0 Å². The fourth-order valence-electron chi connectivity index (χ4n) is 2.98. The summed E-state index contributed by atoms with van der Waals surface area (Å²) in [5.74, 6) is -0.613. The van der Waals surface area contributed by atoms with Crippen molar-refractivity contribution in [1.82, 2.24) is 14.3 Å². The smallest absolute Gasteiger partial charge is 0.327 e. The maximum Gasteiger partial charge on any atom is 0.416 e. The Morgan fingerprint density at radius 2 is 2.00 bits per heavy atom. The Morgan fingerprint density at radius 3 is 2.63 bits per heavy atom. The molecule has 0 spiro atoms. The van der Waals surface area contributed by atoms with Crippen LogP contribution in [0, 0.1) is 0 Å². The van der Waals surface area contributed by atoms with Crippen molar-refractivity contribution >= 4 is 21.1 Å². The van der Waals surface area contributed by atoms with Crippen LogP contribution in [0.5, 0.6) is 0 Å². The Kier molecular flexibility index (Phi) is 5.97. The number of alkyl halides is 3. The second-order valence-electron chi connectivity index (χ2n) is 6.38. The van der Waals surface area contributed by atoms with Crippen LogP contribution in [0.3, 0.4) is 0 Å². The minimum Gasteiger partial charge on any atom is -0.327 e. The molecule has 3 rings (SSSR count). The van der Waals surface area contributed by atoms with Crippen LogP contribution in [-0.2, 0) is 22.7 Å². The zero-order valence-corrected chi connectivity index (χ0v) is 16.6. The molecule has 0 unspecified atom stereocenters. The van der Waals surface area contributed by atoms with E-state index in [9.17, 15) is 26.0 Å². The van der Waals surface area contributed by atoms with E-state index in [1.807, 2.05) is 0 Å². The van der Waals surface area contributed by atoms with Crippen LogP contribution in [0.4, 0.5) is 17.6 Å². The van der Waals surface area contributed by atoms with Crippen molar-refractivity contribution in [3.8, 4) is 11.1 Å². The molecule has 0 aliphatic carbocycles. The maximum atomic E-state index is 13.9. The van der Waals surface area contributed by atoms with Crippen molar-refractivity contribution in [2.75, 3.05) is 13.6 Å². The molecule has 0 amide bonds. The number of rotatable bonds is 6. The van der Waals surface area contributed by atoms with Crippen LogP contribution < -0.4 is 10.5 Å². The lowest BCUT2D eigenvalue weighted by atomic mass is 10.0. The molecular formula is C19H18F4N4O2S. The number of hydrogen-bond donors (Lipinski definition) is 2. The van der Waals surface area contributed by atoms with Crippen LogP contribution in [0.15, 0.2) is 59.5 Å². The minimum atomic E-state index is -4.67. The average molecular weight is 442 g/mol. The van der Waals surface area contributed by atoms with Crippen molar-refractivity contribution in [2.45, 2.75) is 17.6 Å². The number of benzene rings is 2. The van der Waals surface area contributed by atoms with Gasteiger partial charge in [-0.05, 0) is 43.0 Å². The molecule has 6 nitrogen and oxygen atoms in total. The van der Waals surface area contributed by atoms with Crippen molar-refractivity contribution < 1.29 is 26.0 Å². The van der Waals surface area contributed by atoms with Gasteiger partial charge < -0.3 is 10.3 Å². The number of fused-ring (bicyclic) bond motifs is 1. The summed E-state index contributed by atoms with van der Waals surface area (Å²) < 4.78 is 82.1. The molecular weight excluding hydrogens is 424 g/mol. The highest BCUT2D eigenvalue weighted by atomic mass is 32.2. The number of sulfonamides is 1. The monoisotopic (exact) mass is 442 g/mol. The van der Waals surface area contributed by atoms with E-state index in [0.717, 1.165) is 18.2 Å². The van der Waals surface area contributed by atoms with E-state index in [0.29, 0.717) is 0 Å². The molecule has 3 aromatic rings. The van der Waals surface area contributed by atoms with Crippen LogP contribution in [0.25, 0.3) is 22.2 Å². The Bertz CT molecular complexity index is 1220. The molecule has 1 heterocycles. The maximum absolute atomic E-state index is 13.9. The van der Waals surface area contributed by atoms with Gasteiger partial charge in [0.2, 0.25) is 10.0 Å². The summed E-state index contributed by atoms with van der Waals surface area (Å²) in [6.07, 6.45) is -2.32. The molecule has 3 N–H and O–H groups in total. The number of nitrogens with one attached hydrogen (secondary N) is 1. The van der Waals surface area contributed by atoms with Crippen LogP contribution in [0.2, 0.25) is 0 Å². The molecule has 11 heteroatoms. The van der Waals surface area contributed by atoms with Gasteiger partial charge in [-0.1, -0.05) is 12.1 Å². The first-order valence-electron chi connectivity index (χ1n) is 8.71. The van der Waals surface area contributed by atoms with Gasteiger partial charge in [-0.25, -0.2) is 22.5 Å². The zero-order valence-electron chi connectivity index (χ0n) is 15.7. The first-order chi connectivity index (χ1) is 14.1. The Hall–Kier alpha value is -2.76. The third-order valence-electron chi connectivity index (χ3n) is 4.44. The van der Waals surface area contributed by atoms with Gasteiger partial charge in [0.15, 0.2) is 0 Å². The summed E-state index contributed by atoms with van der Waals surface area (Å²) >= 11 is 0. The van der Waals surface area contributed by atoms with E-state index >= 15 is 0 Å². The Balaban J connectivity index is 2.26.